The lowest BCUT2D eigenvalue weighted by molar-refractivity contribution is 0.243. The molecule has 76 valence electrons. The van der Waals surface area contributed by atoms with Crippen LogP contribution >= 0.6 is 0 Å². The normalized spacial score (nSPS) is 35.8. The molecule has 2 nitrogen and oxygen atoms in total. The van der Waals surface area contributed by atoms with E-state index in [1.165, 1.54) is 45.2 Å². The predicted molar refractivity (Wildman–Crippen MR) is 55.8 cm³/mol. The molecule has 1 aliphatic heterocycles. The van der Waals surface area contributed by atoms with Gasteiger partial charge in [0, 0.05) is 25.2 Å². The molecule has 0 aromatic heterocycles. The van der Waals surface area contributed by atoms with E-state index in [1.807, 2.05) is 0 Å². The quantitative estimate of drug-likeness (QED) is 0.691. The van der Waals surface area contributed by atoms with E-state index in [1.54, 1.807) is 0 Å². The molecule has 0 aromatic rings. The van der Waals surface area contributed by atoms with Gasteiger partial charge in [0.25, 0.3) is 0 Å². The van der Waals surface area contributed by atoms with Crippen molar-refractivity contribution in [3.8, 4) is 0 Å². The van der Waals surface area contributed by atoms with Gasteiger partial charge in [-0.1, -0.05) is 13.3 Å². The van der Waals surface area contributed by atoms with Gasteiger partial charge < -0.3 is 10.6 Å². The molecule has 1 saturated heterocycles. The van der Waals surface area contributed by atoms with Gasteiger partial charge in [-0.15, -0.1) is 0 Å². The zero-order valence-corrected chi connectivity index (χ0v) is 8.68. The van der Waals surface area contributed by atoms with E-state index in [0.29, 0.717) is 0 Å². The summed E-state index contributed by atoms with van der Waals surface area (Å²) < 4.78 is 0. The zero-order chi connectivity index (χ0) is 9.10. The van der Waals surface area contributed by atoms with Crippen LogP contribution in [0.1, 0.15) is 39.0 Å². The minimum absolute atomic E-state index is 0.781. The largest absolute Gasteiger partial charge is 0.314 e. The lowest BCUT2D eigenvalue weighted by Gasteiger charge is -2.36. The van der Waals surface area contributed by atoms with Gasteiger partial charge in [-0.3, -0.25) is 0 Å². The molecule has 0 radical (unpaired) electrons. The average Bonchev–Trinajstić information content (AvgIpc) is 2.12. The van der Waals surface area contributed by atoms with Crippen molar-refractivity contribution >= 4 is 0 Å². The molecule has 1 saturated carbocycles. The van der Waals surface area contributed by atoms with Crippen molar-refractivity contribution in [2.75, 3.05) is 13.1 Å². The molecular formula is C11H22N2. The van der Waals surface area contributed by atoms with Gasteiger partial charge in [0.1, 0.15) is 0 Å². The van der Waals surface area contributed by atoms with Crippen LogP contribution in [0.5, 0.6) is 0 Å². The number of nitrogens with one attached hydrogen (secondary N) is 2. The maximum absolute atomic E-state index is 3.74. The topological polar surface area (TPSA) is 24.1 Å². The van der Waals surface area contributed by atoms with Crippen LogP contribution < -0.4 is 10.6 Å². The molecule has 2 fully saturated rings. The highest BCUT2D eigenvalue weighted by molar-refractivity contribution is 4.86. The van der Waals surface area contributed by atoms with Crippen molar-refractivity contribution in [1.82, 2.24) is 10.6 Å². The third-order valence-corrected chi connectivity index (χ3v) is 3.68. The third kappa shape index (κ3) is 2.44. The zero-order valence-electron chi connectivity index (χ0n) is 8.68. The second-order valence-corrected chi connectivity index (χ2v) is 4.65. The summed E-state index contributed by atoms with van der Waals surface area (Å²) in [4.78, 5) is 0. The first-order valence-electron chi connectivity index (χ1n) is 5.85. The molecule has 0 amide bonds. The molecule has 0 atom stereocenters. The van der Waals surface area contributed by atoms with Crippen LogP contribution in [0.3, 0.4) is 0 Å². The van der Waals surface area contributed by atoms with E-state index in [4.69, 9.17) is 0 Å². The van der Waals surface area contributed by atoms with Crippen LogP contribution in [0.4, 0.5) is 0 Å². The fraction of sp³-hybridized carbons (Fsp3) is 1.00. The second kappa shape index (κ2) is 4.43. The Morgan fingerprint density at radius 2 is 1.77 bits per heavy atom. The molecular weight excluding hydrogens is 160 g/mol. The monoisotopic (exact) mass is 182 g/mol. The lowest BCUT2D eigenvalue weighted by Crippen LogP contribution is -2.58. The molecule has 2 heteroatoms. The minimum atomic E-state index is 0.781. The van der Waals surface area contributed by atoms with E-state index in [9.17, 15) is 0 Å². The molecule has 13 heavy (non-hydrogen) atoms. The molecule has 0 aromatic carbocycles. The Hall–Kier alpha value is -0.0800. The molecule has 2 aliphatic rings. The van der Waals surface area contributed by atoms with Crippen LogP contribution in [0, 0.1) is 5.92 Å². The average molecular weight is 182 g/mol. The minimum Gasteiger partial charge on any atom is -0.314 e. The number of hydrogen-bond acceptors (Lipinski definition) is 2. The lowest BCUT2D eigenvalue weighted by atomic mass is 9.84. The summed E-state index contributed by atoms with van der Waals surface area (Å²) in [5, 5.41) is 7.05. The Morgan fingerprint density at radius 1 is 1.08 bits per heavy atom. The summed E-state index contributed by atoms with van der Waals surface area (Å²) in [6.45, 7) is 4.70. The molecule has 0 unspecified atom stereocenters. The summed E-state index contributed by atoms with van der Waals surface area (Å²) in [5.41, 5.74) is 0. The first-order chi connectivity index (χ1) is 6.38. The Kier molecular flexibility index (Phi) is 3.23. The van der Waals surface area contributed by atoms with E-state index in [2.05, 4.69) is 17.6 Å². The van der Waals surface area contributed by atoms with Gasteiger partial charge in [0.05, 0.1) is 0 Å². The van der Waals surface area contributed by atoms with E-state index < -0.39 is 0 Å². The highest BCUT2D eigenvalue weighted by Gasteiger charge is 2.24. The molecule has 2 N–H and O–H groups in total. The van der Waals surface area contributed by atoms with E-state index >= 15 is 0 Å². The maximum atomic E-state index is 3.74. The van der Waals surface area contributed by atoms with Gasteiger partial charge in [-0.25, -0.2) is 0 Å². The first kappa shape index (κ1) is 9.47. The summed E-state index contributed by atoms with van der Waals surface area (Å²) in [7, 11) is 0. The van der Waals surface area contributed by atoms with Crippen LogP contribution in [0.15, 0.2) is 0 Å². The van der Waals surface area contributed by atoms with Crippen LogP contribution in [-0.2, 0) is 0 Å². The SMILES string of the molecule is CCC1CCC(NC2CNC2)CC1. The number of rotatable bonds is 3. The fourth-order valence-corrected chi connectivity index (χ4v) is 2.48. The van der Waals surface area contributed by atoms with Gasteiger partial charge >= 0.3 is 0 Å². The Balaban J connectivity index is 1.65. The van der Waals surface area contributed by atoms with E-state index in [0.717, 1.165) is 18.0 Å². The smallest absolute Gasteiger partial charge is 0.0319 e. The molecule has 2 rings (SSSR count). The fourth-order valence-electron chi connectivity index (χ4n) is 2.48. The van der Waals surface area contributed by atoms with Crippen molar-refractivity contribution in [2.45, 2.75) is 51.1 Å². The third-order valence-electron chi connectivity index (χ3n) is 3.68. The van der Waals surface area contributed by atoms with Crippen LogP contribution in [0.2, 0.25) is 0 Å². The Bertz CT molecular complexity index is 146. The standard InChI is InChI=1S/C11H22N2/c1-2-9-3-5-10(6-4-9)13-11-7-12-8-11/h9-13H,2-8H2,1H3. The highest BCUT2D eigenvalue weighted by Crippen LogP contribution is 2.26. The van der Waals surface area contributed by atoms with Crippen LogP contribution in [-0.4, -0.2) is 25.2 Å². The molecule has 1 heterocycles. The Morgan fingerprint density at radius 3 is 2.23 bits per heavy atom. The van der Waals surface area contributed by atoms with Crippen molar-refractivity contribution in [1.29, 1.82) is 0 Å². The van der Waals surface area contributed by atoms with Crippen molar-refractivity contribution < 1.29 is 0 Å². The van der Waals surface area contributed by atoms with Crippen molar-refractivity contribution in [3.05, 3.63) is 0 Å². The Labute approximate surface area is 81.5 Å². The van der Waals surface area contributed by atoms with Gasteiger partial charge in [-0.05, 0) is 31.6 Å². The van der Waals surface area contributed by atoms with Crippen molar-refractivity contribution in [3.63, 3.8) is 0 Å². The first-order valence-corrected chi connectivity index (χ1v) is 5.85. The summed E-state index contributed by atoms with van der Waals surface area (Å²) in [6, 6.07) is 1.61. The predicted octanol–water partition coefficient (Wildman–Crippen LogP) is 1.52. The highest BCUT2D eigenvalue weighted by atomic mass is 15.1. The molecule has 1 aliphatic carbocycles. The maximum Gasteiger partial charge on any atom is 0.0319 e. The van der Waals surface area contributed by atoms with Crippen LogP contribution in [0.25, 0.3) is 0 Å². The number of hydrogen-bond donors (Lipinski definition) is 2. The summed E-state index contributed by atoms with van der Waals surface area (Å²) in [6.07, 6.45) is 7.12. The van der Waals surface area contributed by atoms with E-state index in [-0.39, 0.29) is 0 Å². The molecule has 0 spiro atoms. The summed E-state index contributed by atoms with van der Waals surface area (Å²) in [5.74, 6) is 1.03. The van der Waals surface area contributed by atoms with Crippen molar-refractivity contribution in [2.24, 2.45) is 5.92 Å². The molecule has 0 bridgehead atoms. The van der Waals surface area contributed by atoms with Gasteiger partial charge in [0.15, 0.2) is 0 Å². The van der Waals surface area contributed by atoms with Gasteiger partial charge in [0.2, 0.25) is 0 Å². The van der Waals surface area contributed by atoms with Gasteiger partial charge in [-0.2, -0.15) is 0 Å². The second-order valence-electron chi connectivity index (χ2n) is 4.65. The summed E-state index contributed by atoms with van der Waals surface area (Å²) >= 11 is 0.